The summed E-state index contributed by atoms with van der Waals surface area (Å²) in [4.78, 5) is 1.81. The first kappa shape index (κ1) is 21.1. The van der Waals surface area contributed by atoms with Gasteiger partial charge in [-0.15, -0.1) is 0 Å². The van der Waals surface area contributed by atoms with E-state index in [1.54, 1.807) is 27.2 Å². The lowest BCUT2D eigenvalue weighted by molar-refractivity contribution is 0.414. The van der Waals surface area contributed by atoms with E-state index >= 15 is 0 Å². The quantitative estimate of drug-likeness (QED) is 0.387. The lowest BCUT2D eigenvalue weighted by Crippen LogP contribution is -2.24. The van der Waals surface area contributed by atoms with Crippen LogP contribution in [0.4, 0.5) is 14.5 Å². The molecule has 0 atom stereocenters. The molecule has 3 aromatic carbocycles. The summed E-state index contributed by atoms with van der Waals surface area (Å²) in [5.41, 5.74) is 2.36. The Labute approximate surface area is 178 Å². The van der Waals surface area contributed by atoms with Crippen molar-refractivity contribution in [3.05, 3.63) is 87.4 Å². The molecule has 3 rings (SSSR count). The third-order valence-electron chi connectivity index (χ3n) is 4.77. The summed E-state index contributed by atoms with van der Waals surface area (Å²) in [5.74, 6) is -0.215. The number of ether oxygens (including phenoxy) is 2. The standard InChI is InChI=1S/C23H22BrF2NO2/c1-15-20(24)12-21(23(26)22(15)25)27(13-16-4-8-18(28-2)9-5-16)14-17-6-10-19(29-3)11-7-17/h4-12H,13-14H2,1-3H3. The highest BCUT2D eigenvalue weighted by atomic mass is 79.9. The molecule has 0 amide bonds. The second kappa shape index (κ2) is 9.27. The van der Waals surface area contributed by atoms with Crippen molar-refractivity contribution in [3.8, 4) is 11.5 Å². The maximum Gasteiger partial charge on any atom is 0.182 e. The first-order chi connectivity index (χ1) is 13.9. The van der Waals surface area contributed by atoms with Gasteiger partial charge in [-0.1, -0.05) is 40.2 Å². The monoisotopic (exact) mass is 461 g/mol. The van der Waals surface area contributed by atoms with Crippen molar-refractivity contribution in [1.29, 1.82) is 0 Å². The van der Waals surface area contributed by atoms with Gasteiger partial charge in [0.2, 0.25) is 0 Å². The number of benzene rings is 3. The maximum atomic E-state index is 14.9. The van der Waals surface area contributed by atoms with Crippen LogP contribution >= 0.6 is 15.9 Å². The molecule has 3 nitrogen and oxygen atoms in total. The number of rotatable bonds is 7. The molecule has 152 valence electrons. The highest BCUT2D eigenvalue weighted by molar-refractivity contribution is 9.10. The molecule has 29 heavy (non-hydrogen) atoms. The lowest BCUT2D eigenvalue weighted by atomic mass is 10.1. The first-order valence-electron chi connectivity index (χ1n) is 9.07. The zero-order valence-corrected chi connectivity index (χ0v) is 18.1. The molecular formula is C23H22BrF2NO2. The van der Waals surface area contributed by atoms with Crippen LogP contribution in [0.2, 0.25) is 0 Å². The highest BCUT2D eigenvalue weighted by Gasteiger charge is 2.20. The molecule has 0 N–H and O–H groups in total. The fraction of sp³-hybridized carbons (Fsp3) is 0.217. The topological polar surface area (TPSA) is 21.7 Å². The molecule has 6 heteroatoms. The van der Waals surface area contributed by atoms with Crippen LogP contribution in [-0.2, 0) is 13.1 Å². The molecule has 0 saturated heterocycles. The van der Waals surface area contributed by atoms with Crippen molar-refractivity contribution >= 4 is 21.6 Å². The van der Waals surface area contributed by atoms with Crippen molar-refractivity contribution in [2.75, 3.05) is 19.1 Å². The Bertz CT molecular complexity index is 926. The summed E-state index contributed by atoms with van der Waals surface area (Å²) in [6, 6.07) is 16.7. The average Bonchev–Trinajstić information content (AvgIpc) is 2.75. The van der Waals surface area contributed by atoms with E-state index < -0.39 is 11.6 Å². The highest BCUT2D eigenvalue weighted by Crippen LogP contribution is 2.32. The van der Waals surface area contributed by atoms with Crippen molar-refractivity contribution in [2.45, 2.75) is 20.0 Å². The SMILES string of the molecule is COc1ccc(CN(Cc2ccc(OC)cc2)c2cc(Br)c(C)c(F)c2F)cc1. The Morgan fingerprint density at radius 2 is 1.24 bits per heavy atom. The molecule has 0 unspecified atom stereocenters. The van der Waals surface area contributed by atoms with Gasteiger partial charge in [0.15, 0.2) is 11.6 Å². The van der Waals surface area contributed by atoms with E-state index in [0.717, 1.165) is 22.6 Å². The van der Waals surface area contributed by atoms with Crippen molar-refractivity contribution in [3.63, 3.8) is 0 Å². The largest absolute Gasteiger partial charge is 0.497 e. The molecule has 0 fully saturated rings. The Morgan fingerprint density at radius 3 is 1.66 bits per heavy atom. The number of hydrogen-bond donors (Lipinski definition) is 0. The zero-order valence-electron chi connectivity index (χ0n) is 16.5. The van der Waals surface area contributed by atoms with Crippen LogP contribution in [0.25, 0.3) is 0 Å². The summed E-state index contributed by atoms with van der Waals surface area (Å²) in [7, 11) is 3.21. The maximum absolute atomic E-state index is 14.9. The molecule has 0 saturated carbocycles. The van der Waals surface area contributed by atoms with Crippen LogP contribution in [0.15, 0.2) is 59.1 Å². The lowest BCUT2D eigenvalue weighted by Gasteiger charge is -2.27. The van der Waals surface area contributed by atoms with Crippen LogP contribution < -0.4 is 14.4 Å². The molecule has 0 aliphatic carbocycles. The number of anilines is 1. The first-order valence-corrected chi connectivity index (χ1v) is 9.87. The molecule has 0 spiro atoms. The Balaban J connectivity index is 1.98. The fourth-order valence-corrected chi connectivity index (χ4v) is 3.42. The van der Waals surface area contributed by atoms with Gasteiger partial charge in [0.05, 0.1) is 19.9 Å². The van der Waals surface area contributed by atoms with Crippen LogP contribution in [0.5, 0.6) is 11.5 Å². The van der Waals surface area contributed by atoms with E-state index in [4.69, 9.17) is 9.47 Å². The third-order valence-corrected chi connectivity index (χ3v) is 5.60. The van der Waals surface area contributed by atoms with Crippen molar-refractivity contribution < 1.29 is 18.3 Å². The number of halogens is 3. The van der Waals surface area contributed by atoms with Gasteiger partial charge in [0.1, 0.15) is 11.5 Å². The predicted octanol–water partition coefficient (Wildman–Crippen LogP) is 6.26. The van der Waals surface area contributed by atoms with Gasteiger partial charge in [-0.25, -0.2) is 8.78 Å². The van der Waals surface area contributed by atoms with E-state index in [1.165, 1.54) is 0 Å². The van der Waals surface area contributed by atoms with Crippen molar-refractivity contribution in [2.24, 2.45) is 0 Å². The summed E-state index contributed by atoms with van der Waals surface area (Å²) < 4.78 is 40.2. The van der Waals surface area contributed by atoms with Gasteiger partial charge in [-0.3, -0.25) is 0 Å². The van der Waals surface area contributed by atoms with Crippen LogP contribution in [0, 0.1) is 18.6 Å². The van der Waals surface area contributed by atoms with Gasteiger partial charge in [0, 0.05) is 23.1 Å². The Morgan fingerprint density at radius 1 is 0.793 bits per heavy atom. The fourth-order valence-electron chi connectivity index (χ4n) is 3.03. The van der Waals surface area contributed by atoms with Crippen LogP contribution in [0.1, 0.15) is 16.7 Å². The van der Waals surface area contributed by atoms with Gasteiger partial charge in [-0.05, 0) is 48.4 Å². The second-order valence-corrected chi connectivity index (χ2v) is 7.54. The Kier molecular flexibility index (Phi) is 6.75. The van der Waals surface area contributed by atoms with E-state index in [9.17, 15) is 8.78 Å². The number of methoxy groups -OCH3 is 2. The number of hydrogen-bond acceptors (Lipinski definition) is 3. The second-order valence-electron chi connectivity index (χ2n) is 6.68. The van der Waals surface area contributed by atoms with E-state index in [2.05, 4.69) is 15.9 Å². The summed E-state index contributed by atoms with van der Waals surface area (Å²) in [6.07, 6.45) is 0. The molecule has 0 aliphatic heterocycles. The third kappa shape index (κ3) is 4.88. The Hall–Kier alpha value is -2.60. The average molecular weight is 462 g/mol. The zero-order chi connectivity index (χ0) is 21.0. The summed E-state index contributed by atoms with van der Waals surface area (Å²) >= 11 is 3.34. The molecule has 0 heterocycles. The number of nitrogens with zero attached hydrogens (tertiary/aromatic N) is 1. The minimum Gasteiger partial charge on any atom is -0.497 e. The smallest absolute Gasteiger partial charge is 0.182 e. The molecule has 0 bridgehead atoms. The van der Waals surface area contributed by atoms with Gasteiger partial charge >= 0.3 is 0 Å². The van der Waals surface area contributed by atoms with Gasteiger partial charge in [0.25, 0.3) is 0 Å². The van der Waals surface area contributed by atoms with E-state index in [1.807, 2.05) is 53.4 Å². The minimum absolute atomic E-state index is 0.201. The van der Waals surface area contributed by atoms with Crippen LogP contribution in [0.3, 0.4) is 0 Å². The van der Waals surface area contributed by atoms with E-state index in [0.29, 0.717) is 17.6 Å². The molecule has 3 aromatic rings. The predicted molar refractivity (Wildman–Crippen MR) is 115 cm³/mol. The van der Waals surface area contributed by atoms with Gasteiger partial charge in [-0.2, -0.15) is 0 Å². The normalized spacial score (nSPS) is 10.7. The van der Waals surface area contributed by atoms with Gasteiger partial charge < -0.3 is 14.4 Å². The van der Waals surface area contributed by atoms with Crippen LogP contribution in [-0.4, -0.2) is 14.2 Å². The summed E-state index contributed by atoms with van der Waals surface area (Å²) in [5, 5.41) is 0. The summed E-state index contributed by atoms with van der Waals surface area (Å²) in [6.45, 7) is 2.35. The molecule has 0 radical (unpaired) electrons. The molecular weight excluding hydrogens is 440 g/mol. The molecule has 0 aliphatic rings. The van der Waals surface area contributed by atoms with Crippen molar-refractivity contribution in [1.82, 2.24) is 0 Å². The van der Waals surface area contributed by atoms with E-state index in [-0.39, 0.29) is 11.3 Å². The minimum atomic E-state index is -0.854. The molecule has 0 aromatic heterocycles.